The number of carbonyl (C=O) groups excluding carboxylic acids is 1. The van der Waals surface area contributed by atoms with E-state index in [9.17, 15) is 4.79 Å². The monoisotopic (exact) mass is 249 g/mol. The molecule has 100 valence electrons. The Balaban J connectivity index is 2.34. The first-order valence-corrected chi connectivity index (χ1v) is 6.58. The molecule has 0 aromatic heterocycles. The molecule has 1 aromatic carbocycles. The van der Waals surface area contributed by atoms with Crippen LogP contribution in [0.4, 0.5) is 0 Å². The Morgan fingerprint density at radius 2 is 2.22 bits per heavy atom. The summed E-state index contributed by atoms with van der Waals surface area (Å²) in [5, 5.41) is 2.97. The molecule has 0 saturated carbocycles. The van der Waals surface area contributed by atoms with E-state index < -0.39 is 0 Å². The smallest absolute Gasteiger partial charge is 0.222 e. The van der Waals surface area contributed by atoms with Crippen molar-refractivity contribution in [3.05, 3.63) is 29.8 Å². The maximum Gasteiger partial charge on any atom is 0.222 e. The first-order valence-electron chi connectivity index (χ1n) is 6.58. The van der Waals surface area contributed by atoms with Crippen molar-refractivity contribution in [2.75, 3.05) is 13.7 Å². The number of hydrogen-bond acceptors (Lipinski definition) is 2. The summed E-state index contributed by atoms with van der Waals surface area (Å²) in [5.74, 6) is 1.12. The standard InChI is InChI=1S/C15H23NO2/c1-4-6-12(2)15(17)16-10-9-13-7-5-8-14(11-13)18-3/h5,7-8,11-12H,4,6,9-10H2,1-3H3,(H,16,17). The lowest BCUT2D eigenvalue weighted by Crippen LogP contribution is -2.30. The largest absolute Gasteiger partial charge is 0.497 e. The Morgan fingerprint density at radius 3 is 2.89 bits per heavy atom. The number of hydrogen-bond donors (Lipinski definition) is 1. The van der Waals surface area contributed by atoms with E-state index in [2.05, 4.69) is 12.2 Å². The quantitative estimate of drug-likeness (QED) is 0.807. The lowest BCUT2D eigenvalue weighted by Gasteiger charge is -2.11. The van der Waals surface area contributed by atoms with E-state index in [4.69, 9.17) is 4.74 Å². The van der Waals surface area contributed by atoms with Crippen molar-refractivity contribution in [2.45, 2.75) is 33.1 Å². The van der Waals surface area contributed by atoms with E-state index in [0.717, 1.165) is 25.0 Å². The fraction of sp³-hybridized carbons (Fsp3) is 0.533. The van der Waals surface area contributed by atoms with Crippen LogP contribution < -0.4 is 10.1 Å². The Bertz CT molecular complexity index is 377. The predicted molar refractivity (Wildman–Crippen MR) is 73.8 cm³/mol. The molecule has 18 heavy (non-hydrogen) atoms. The SMILES string of the molecule is CCCC(C)C(=O)NCCc1cccc(OC)c1. The molecule has 1 unspecified atom stereocenters. The number of rotatable bonds is 7. The van der Waals surface area contributed by atoms with Crippen molar-refractivity contribution in [1.82, 2.24) is 5.32 Å². The molecule has 1 amide bonds. The lowest BCUT2D eigenvalue weighted by molar-refractivity contribution is -0.124. The first kappa shape index (κ1) is 14.6. The van der Waals surface area contributed by atoms with Crippen LogP contribution in [0.2, 0.25) is 0 Å². The summed E-state index contributed by atoms with van der Waals surface area (Å²) in [6.45, 7) is 4.75. The van der Waals surface area contributed by atoms with Crippen LogP contribution in [0.25, 0.3) is 0 Å². The van der Waals surface area contributed by atoms with E-state index in [-0.39, 0.29) is 11.8 Å². The van der Waals surface area contributed by atoms with Crippen molar-refractivity contribution in [1.29, 1.82) is 0 Å². The number of nitrogens with one attached hydrogen (secondary N) is 1. The number of methoxy groups -OCH3 is 1. The number of carbonyl (C=O) groups is 1. The van der Waals surface area contributed by atoms with Crippen molar-refractivity contribution in [3.63, 3.8) is 0 Å². The van der Waals surface area contributed by atoms with Crippen LogP contribution in [0.5, 0.6) is 5.75 Å². The maximum atomic E-state index is 11.7. The van der Waals surface area contributed by atoms with E-state index in [1.807, 2.05) is 31.2 Å². The van der Waals surface area contributed by atoms with Crippen LogP contribution >= 0.6 is 0 Å². The van der Waals surface area contributed by atoms with Gasteiger partial charge >= 0.3 is 0 Å². The average molecular weight is 249 g/mol. The second kappa shape index (κ2) is 7.75. The van der Waals surface area contributed by atoms with Gasteiger partial charge in [0, 0.05) is 12.5 Å². The van der Waals surface area contributed by atoms with Crippen molar-refractivity contribution >= 4 is 5.91 Å². The van der Waals surface area contributed by atoms with Crippen LogP contribution in [0.3, 0.4) is 0 Å². The molecule has 0 aliphatic rings. The summed E-state index contributed by atoms with van der Waals surface area (Å²) in [6.07, 6.45) is 2.83. The van der Waals surface area contributed by atoms with Crippen molar-refractivity contribution in [2.24, 2.45) is 5.92 Å². The third-order valence-corrected chi connectivity index (χ3v) is 3.02. The van der Waals surface area contributed by atoms with Gasteiger partial charge in [-0.3, -0.25) is 4.79 Å². The molecule has 0 fully saturated rings. The highest BCUT2D eigenvalue weighted by molar-refractivity contribution is 5.78. The van der Waals surface area contributed by atoms with Crippen LogP contribution in [-0.4, -0.2) is 19.6 Å². The summed E-state index contributed by atoms with van der Waals surface area (Å²) >= 11 is 0. The summed E-state index contributed by atoms with van der Waals surface area (Å²) in [6, 6.07) is 7.94. The molecule has 0 spiro atoms. The van der Waals surface area contributed by atoms with Gasteiger partial charge in [-0.25, -0.2) is 0 Å². The Kier molecular flexibility index (Phi) is 6.26. The molecule has 0 saturated heterocycles. The highest BCUT2D eigenvalue weighted by Crippen LogP contribution is 2.12. The summed E-state index contributed by atoms with van der Waals surface area (Å²) < 4.78 is 5.17. The molecule has 0 bridgehead atoms. The molecule has 0 heterocycles. The van der Waals surface area contributed by atoms with Crippen molar-refractivity contribution < 1.29 is 9.53 Å². The average Bonchev–Trinajstić information content (AvgIpc) is 2.39. The molecule has 0 radical (unpaired) electrons. The van der Waals surface area contributed by atoms with Crippen LogP contribution in [0, 0.1) is 5.92 Å². The van der Waals surface area contributed by atoms with Gasteiger partial charge in [0.2, 0.25) is 5.91 Å². The molecule has 1 atom stereocenters. The van der Waals surface area contributed by atoms with Crippen LogP contribution in [-0.2, 0) is 11.2 Å². The molecule has 3 heteroatoms. The summed E-state index contributed by atoms with van der Waals surface area (Å²) in [5.41, 5.74) is 1.18. The predicted octanol–water partition coefficient (Wildman–Crippen LogP) is 2.79. The molecular weight excluding hydrogens is 226 g/mol. The fourth-order valence-corrected chi connectivity index (χ4v) is 1.90. The van der Waals surface area contributed by atoms with Gasteiger partial charge in [0.15, 0.2) is 0 Å². The minimum atomic E-state index is 0.111. The fourth-order valence-electron chi connectivity index (χ4n) is 1.90. The molecular formula is C15H23NO2. The normalized spacial score (nSPS) is 11.9. The highest BCUT2D eigenvalue weighted by Gasteiger charge is 2.10. The van der Waals surface area contributed by atoms with Gasteiger partial charge in [-0.05, 0) is 30.5 Å². The molecule has 0 aliphatic heterocycles. The third kappa shape index (κ3) is 4.78. The van der Waals surface area contributed by atoms with Crippen LogP contribution in [0.15, 0.2) is 24.3 Å². The molecule has 0 aliphatic carbocycles. The van der Waals surface area contributed by atoms with E-state index in [0.29, 0.717) is 6.54 Å². The van der Waals surface area contributed by atoms with E-state index in [1.54, 1.807) is 7.11 Å². The number of ether oxygens (including phenoxy) is 1. The molecule has 1 aromatic rings. The zero-order valence-corrected chi connectivity index (χ0v) is 11.5. The topological polar surface area (TPSA) is 38.3 Å². The van der Waals surface area contributed by atoms with Gasteiger partial charge in [0.1, 0.15) is 5.75 Å². The zero-order chi connectivity index (χ0) is 13.4. The van der Waals surface area contributed by atoms with E-state index in [1.165, 1.54) is 5.56 Å². The molecule has 1 rings (SSSR count). The Morgan fingerprint density at radius 1 is 1.44 bits per heavy atom. The minimum Gasteiger partial charge on any atom is -0.497 e. The van der Waals surface area contributed by atoms with Gasteiger partial charge in [0.05, 0.1) is 7.11 Å². The van der Waals surface area contributed by atoms with Gasteiger partial charge in [-0.15, -0.1) is 0 Å². The molecule has 3 nitrogen and oxygen atoms in total. The summed E-state index contributed by atoms with van der Waals surface area (Å²) in [7, 11) is 1.66. The Labute approximate surface area is 110 Å². The third-order valence-electron chi connectivity index (χ3n) is 3.02. The minimum absolute atomic E-state index is 0.111. The van der Waals surface area contributed by atoms with Gasteiger partial charge in [-0.2, -0.15) is 0 Å². The summed E-state index contributed by atoms with van der Waals surface area (Å²) in [4.78, 5) is 11.7. The highest BCUT2D eigenvalue weighted by atomic mass is 16.5. The maximum absolute atomic E-state index is 11.7. The van der Waals surface area contributed by atoms with Crippen molar-refractivity contribution in [3.8, 4) is 5.75 Å². The Hall–Kier alpha value is -1.51. The zero-order valence-electron chi connectivity index (χ0n) is 11.5. The lowest BCUT2D eigenvalue weighted by atomic mass is 10.1. The van der Waals surface area contributed by atoms with E-state index >= 15 is 0 Å². The first-order chi connectivity index (χ1) is 8.67. The van der Waals surface area contributed by atoms with Gasteiger partial charge < -0.3 is 10.1 Å². The van der Waals surface area contributed by atoms with Gasteiger partial charge in [-0.1, -0.05) is 32.4 Å². The van der Waals surface area contributed by atoms with Crippen LogP contribution in [0.1, 0.15) is 32.3 Å². The second-order valence-electron chi connectivity index (χ2n) is 4.58. The second-order valence-corrected chi connectivity index (χ2v) is 4.58. The van der Waals surface area contributed by atoms with Gasteiger partial charge in [0.25, 0.3) is 0 Å². The number of amides is 1. The number of benzene rings is 1. The molecule has 1 N–H and O–H groups in total.